The molecule has 144 valence electrons. The molecule has 1 heterocycles. The Morgan fingerprint density at radius 1 is 1.21 bits per heavy atom. The molecule has 0 aliphatic rings. The van der Waals surface area contributed by atoms with Gasteiger partial charge in [0.05, 0.1) is 0 Å². The van der Waals surface area contributed by atoms with E-state index in [9.17, 15) is 23.9 Å². The number of aryl methyl sites for hydroxylation is 1. The van der Waals surface area contributed by atoms with E-state index in [4.69, 9.17) is 9.15 Å². The SMILES string of the molecule is Cc1c(O)ccc2c(COC(=O)CNC(=O)c3cccc(F)c3)cc(=O)oc12. The maximum absolute atomic E-state index is 13.1. The molecule has 0 aliphatic heterocycles. The van der Waals surface area contributed by atoms with Gasteiger partial charge in [-0.05, 0) is 37.3 Å². The van der Waals surface area contributed by atoms with E-state index in [1.54, 1.807) is 13.0 Å². The molecule has 0 saturated carbocycles. The maximum atomic E-state index is 13.1. The number of rotatable bonds is 5. The Labute approximate surface area is 158 Å². The number of amides is 1. The molecule has 0 unspecified atom stereocenters. The van der Waals surface area contributed by atoms with Crippen LogP contribution in [0, 0.1) is 12.7 Å². The van der Waals surface area contributed by atoms with E-state index in [0.29, 0.717) is 16.5 Å². The van der Waals surface area contributed by atoms with Gasteiger partial charge in [-0.25, -0.2) is 9.18 Å². The molecule has 0 radical (unpaired) electrons. The zero-order valence-electron chi connectivity index (χ0n) is 14.8. The van der Waals surface area contributed by atoms with Crippen LogP contribution in [0.1, 0.15) is 21.5 Å². The van der Waals surface area contributed by atoms with Gasteiger partial charge in [-0.1, -0.05) is 6.07 Å². The second-order valence-electron chi connectivity index (χ2n) is 6.03. The lowest BCUT2D eigenvalue weighted by Crippen LogP contribution is -2.30. The van der Waals surface area contributed by atoms with Crippen molar-refractivity contribution in [3.8, 4) is 5.75 Å². The van der Waals surface area contributed by atoms with Crippen LogP contribution in [0.2, 0.25) is 0 Å². The number of ether oxygens (including phenoxy) is 1. The molecule has 1 aromatic heterocycles. The highest BCUT2D eigenvalue weighted by Crippen LogP contribution is 2.27. The topological polar surface area (TPSA) is 106 Å². The molecule has 28 heavy (non-hydrogen) atoms. The summed E-state index contributed by atoms with van der Waals surface area (Å²) in [6.45, 7) is 0.952. The molecule has 0 aliphatic carbocycles. The first-order valence-electron chi connectivity index (χ1n) is 8.30. The minimum atomic E-state index is -0.735. The molecule has 3 rings (SSSR count). The van der Waals surface area contributed by atoms with Crippen LogP contribution in [0.3, 0.4) is 0 Å². The third-order valence-corrected chi connectivity index (χ3v) is 4.09. The van der Waals surface area contributed by atoms with Gasteiger partial charge in [0.15, 0.2) is 0 Å². The van der Waals surface area contributed by atoms with Crippen molar-refractivity contribution in [3.63, 3.8) is 0 Å². The molecule has 2 aromatic carbocycles. The molecule has 0 bridgehead atoms. The molecule has 7 nitrogen and oxygen atoms in total. The Kier molecular flexibility index (Phi) is 5.39. The molecule has 0 atom stereocenters. The van der Waals surface area contributed by atoms with Crippen molar-refractivity contribution in [2.24, 2.45) is 0 Å². The number of hydrogen-bond acceptors (Lipinski definition) is 6. The number of phenolic OH excluding ortho intramolecular Hbond substituents is 1. The number of aromatic hydroxyl groups is 1. The quantitative estimate of drug-likeness (QED) is 0.516. The normalized spacial score (nSPS) is 10.6. The van der Waals surface area contributed by atoms with Crippen molar-refractivity contribution in [3.05, 3.63) is 75.4 Å². The zero-order valence-corrected chi connectivity index (χ0v) is 14.8. The van der Waals surface area contributed by atoms with Crippen molar-refractivity contribution < 1.29 is 28.2 Å². The Bertz CT molecular complexity index is 1120. The van der Waals surface area contributed by atoms with Gasteiger partial charge in [0.1, 0.15) is 30.3 Å². The van der Waals surface area contributed by atoms with E-state index in [1.807, 2.05) is 0 Å². The molecule has 1 amide bonds. The van der Waals surface area contributed by atoms with Crippen molar-refractivity contribution in [1.82, 2.24) is 5.32 Å². The van der Waals surface area contributed by atoms with Gasteiger partial charge in [0, 0.05) is 28.1 Å². The van der Waals surface area contributed by atoms with Crippen molar-refractivity contribution in [2.45, 2.75) is 13.5 Å². The Morgan fingerprint density at radius 3 is 2.75 bits per heavy atom. The summed E-state index contributed by atoms with van der Waals surface area (Å²) in [6.07, 6.45) is 0. The van der Waals surface area contributed by atoms with Gasteiger partial charge >= 0.3 is 11.6 Å². The molecule has 3 aromatic rings. The van der Waals surface area contributed by atoms with Crippen LogP contribution in [0.25, 0.3) is 11.0 Å². The summed E-state index contributed by atoms with van der Waals surface area (Å²) in [5.74, 6) is -1.94. The van der Waals surface area contributed by atoms with E-state index in [1.165, 1.54) is 30.3 Å². The number of phenols is 1. The van der Waals surface area contributed by atoms with Crippen molar-refractivity contribution in [2.75, 3.05) is 6.54 Å². The number of esters is 1. The molecule has 0 spiro atoms. The summed E-state index contributed by atoms with van der Waals surface area (Å²) in [6, 6.07) is 9.24. The second-order valence-corrected chi connectivity index (χ2v) is 6.03. The molecular weight excluding hydrogens is 369 g/mol. The number of carbonyl (C=O) groups excluding carboxylic acids is 2. The summed E-state index contributed by atoms with van der Waals surface area (Å²) in [5, 5.41) is 12.6. The average Bonchev–Trinajstić information content (AvgIpc) is 2.67. The van der Waals surface area contributed by atoms with Gasteiger partial charge in [0.2, 0.25) is 0 Å². The number of carbonyl (C=O) groups is 2. The van der Waals surface area contributed by atoms with Crippen molar-refractivity contribution >= 4 is 22.8 Å². The average molecular weight is 385 g/mol. The monoisotopic (exact) mass is 385 g/mol. The molecule has 2 N–H and O–H groups in total. The second kappa shape index (κ2) is 7.91. The third-order valence-electron chi connectivity index (χ3n) is 4.09. The van der Waals surface area contributed by atoms with E-state index < -0.39 is 29.9 Å². The fourth-order valence-corrected chi connectivity index (χ4v) is 2.63. The number of fused-ring (bicyclic) bond motifs is 1. The highest BCUT2D eigenvalue weighted by Gasteiger charge is 2.13. The standard InChI is InChI=1S/C20H16FNO6/c1-11-16(23)6-5-15-13(8-17(24)28-19(11)15)10-27-18(25)9-22-20(26)12-3-2-4-14(21)7-12/h2-8,23H,9-10H2,1H3,(H,22,26). The Hall–Kier alpha value is -3.68. The predicted octanol–water partition coefficient (Wildman–Crippen LogP) is 2.42. The van der Waals surface area contributed by atoms with Gasteiger partial charge in [-0.15, -0.1) is 0 Å². The Balaban J connectivity index is 1.66. The van der Waals surface area contributed by atoms with Crippen LogP contribution in [-0.2, 0) is 16.1 Å². The van der Waals surface area contributed by atoms with E-state index in [0.717, 1.165) is 6.07 Å². The third kappa shape index (κ3) is 4.17. The molecule has 0 saturated heterocycles. The number of halogens is 1. The van der Waals surface area contributed by atoms with Crippen LogP contribution in [0.5, 0.6) is 5.75 Å². The first-order valence-corrected chi connectivity index (χ1v) is 8.30. The van der Waals surface area contributed by atoms with E-state index >= 15 is 0 Å². The lowest BCUT2D eigenvalue weighted by atomic mass is 10.1. The zero-order chi connectivity index (χ0) is 20.3. The Morgan fingerprint density at radius 2 is 2.00 bits per heavy atom. The van der Waals surface area contributed by atoms with Gasteiger partial charge in [-0.3, -0.25) is 9.59 Å². The van der Waals surface area contributed by atoms with Crippen LogP contribution in [0.4, 0.5) is 4.39 Å². The van der Waals surface area contributed by atoms with Crippen LogP contribution in [0.15, 0.2) is 51.7 Å². The predicted molar refractivity (Wildman–Crippen MR) is 97.4 cm³/mol. The maximum Gasteiger partial charge on any atom is 0.336 e. The highest BCUT2D eigenvalue weighted by atomic mass is 19.1. The molecular formula is C20H16FNO6. The fraction of sp³-hybridized carbons (Fsp3) is 0.150. The summed E-state index contributed by atoms with van der Waals surface area (Å²) in [4.78, 5) is 35.5. The summed E-state index contributed by atoms with van der Waals surface area (Å²) in [7, 11) is 0. The van der Waals surface area contributed by atoms with E-state index in [-0.39, 0.29) is 23.5 Å². The summed E-state index contributed by atoms with van der Waals surface area (Å²) in [5.41, 5.74) is 0.434. The molecule has 8 heteroatoms. The van der Waals surface area contributed by atoms with Gasteiger partial charge < -0.3 is 19.6 Å². The minimum absolute atomic E-state index is 0.0233. The van der Waals surface area contributed by atoms with Gasteiger partial charge in [-0.2, -0.15) is 0 Å². The van der Waals surface area contributed by atoms with Crippen molar-refractivity contribution in [1.29, 1.82) is 0 Å². The lowest BCUT2D eigenvalue weighted by Gasteiger charge is -2.10. The fourth-order valence-electron chi connectivity index (χ4n) is 2.63. The number of benzene rings is 2. The van der Waals surface area contributed by atoms with Crippen LogP contribution < -0.4 is 10.9 Å². The largest absolute Gasteiger partial charge is 0.508 e. The number of hydrogen-bond donors (Lipinski definition) is 2. The number of nitrogens with one attached hydrogen (secondary N) is 1. The summed E-state index contributed by atoms with van der Waals surface area (Å²) >= 11 is 0. The molecule has 0 fully saturated rings. The van der Waals surface area contributed by atoms with Crippen LogP contribution >= 0.6 is 0 Å². The lowest BCUT2D eigenvalue weighted by molar-refractivity contribution is -0.143. The smallest absolute Gasteiger partial charge is 0.336 e. The van der Waals surface area contributed by atoms with Crippen LogP contribution in [-0.4, -0.2) is 23.5 Å². The van der Waals surface area contributed by atoms with Gasteiger partial charge in [0.25, 0.3) is 5.91 Å². The van der Waals surface area contributed by atoms with E-state index in [2.05, 4.69) is 5.32 Å². The first kappa shape index (κ1) is 19.1. The highest BCUT2D eigenvalue weighted by molar-refractivity contribution is 5.95. The minimum Gasteiger partial charge on any atom is -0.508 e. The first-order chi connectivity index (χ1) is 13.3. The summed E-state index contributed by atoms with van der Waals surface area (Å²) < 4.78 is 23.3.